The van der Waals surface area contributed by atoms with Crippen molar-refractivity contribution in [3.8, 4) is 16.9 Å². The fourth-order valence-electron chi connectivity index (χ4n) is 6.36. The number of pyridine rings is 1. The SMILES string of the molecule is C[N+]1(C)CCC(OC(=O)Nc2cc(C=CC(=O)Nc3ccc(CNC[C@H](O)c4ccc(O)c5[nH]c(=O)ccc45)cc3)ccc2-c2ccccc2)CC1. The number of carbonyl (C=O) groups is 2. The van der Waals surface area contributed by atoms with E-state index in [1.54, 1.807) is 30.3 Å². The minimum absolute atomic E-state index is 0.0595. The number of fused-ring (bicyclic) bond motifs is 1. The number of phenolic OH excluding ortho intramolecular Hbond substituents is 1. The highest BCUT2D eigenvalue weighted by atomic mass is 16.6. The molecule has 6 N–H and O–H groups in total. The Hall–Kier alpha value is -5.75. The number of carbonyl (C=O) groups excluding carboxylic acids is 2. The normalized spacial score (nSPS) is 15.0. The average Bonchev–Trinajstić information content (AvgIpc) is 3.13. The van der Waals surface area contributed by atoms with Crippen molar-refractivity contribution in [3.05, 3.63) is 130 Å². The molecule has 1 aromatic heterocycles. The van der Waals surface area contributed by atoms with Crippen LogP contribution in [0, 0.1) is 0 Å². The first-order valence-electron chi connectivity index (χ1n) is 17.3. The molecule has 0 bridgehead atoms. The number of piperidine rings is 1. The number of quaternary nitrogens is 1. The van der Waals surface area contributed by atoms with Gasteiger partial charge < -0.3 is 35.1 Å². The molecule has 0 unspecified atom stereocenters. The van der Waals surface area contributed by atoms with E-state index in [1.165, 1.54) is 18.2 Å². The largest absolute Gasteiger partial charge is 0.506 e. The van der Waals surface area contributed by atoms with Crippen molar-refractivity contribution in [3.63, 3.8) is 0 Å². The van der Waals surface area contributed by atoms with Crippen LogP contribution in [0.2, 0.25) is 0 Å². The Kier molecular flexibility index (Phi) is 11.1. The number of hydrogen-bond donors (Lipinski definition) is 6. The van der Waals surface area contributed by atoms with Gasteiger partial charge in [-0.15, -0.1) is 0 Å². The molecule has 0 spiro atoms. The van der Waals surface area contributed by atoms with Gasteiger partial charge in [-0.2, -0.15) is 0 Å². The number of rotatable bonds is 11. The first-order chi connectivity index (χ1) is 25.0. The highest BCUT2D eigenvalue weighted by Crippen LogP contribution is 2.31. The molecule has 0 radical (unpaired) electrons. The summed E-state index contributed by atoms with van der Waals surface area (Å²) in [6.07, 6.45) is 3.29. The Morgan fingerprint density at radius 2 is 1.69 bits per heavy atom. The molecule has 2 heterocycles. The zero-order valence-electron chi connectivity index (χ0n) is 29.3. The number of ether oxygens (including phenoxy) is 1. The number of amides is 2. The molecule has 1 saturated heterocycles. The summed E-state index contributed by atoms with van der Waals surface area (Å²) < 4.78 is 6.71. The Labute approximate surface area is 302 Å². The van der Waals surface area contributed by atoms with E-state index >= 15 is 0 Å². The third-order valence-electron chi connectivity index (χ3n) is 9.33. The van der Waals surface area contributed by atoms with Gasteiger partial charge in [-0.05, 0) is 58.7 Å². The molecule has 6 rings (SSSR count). The van der Waals surface area contributed by atoms with Crippen LogP contribution in [0.25, 0.3) is 28.1 Å². The molecule has 0 aliphatic carbocycles. The van der Waals surface area contributed by atoms with Gasteiger partial charge in [0.2, 0.25) is 11.5 Å². The van der Waals surface area contributed by atoms with Crippen molar-refractivity contribution in [1.29, 1.82) is 0 Å². The van der Waals surface area contributed by atoms with E-state index in [4.69, 9.17) is 4.74 Å². The van der Waals surface area contributed by atoms with Crippen molar-refractivity contribution in [2.45, 2.75) is 31.6 Å². The van der Waals surface area contributed by atoms with Gasteiger partial charge in [-0.3, -0.25) is 14.9 Å². The number of benzene rings is 4. The number of nitrogens with one attached hydrogen (secondary N) is 4. The standard InChI is InChI=1S/C41H43N5O6/c1-46(2)22-20-31(21-23-46)52-41(51)44-35-24-27(10-14-32(35)29-6-4-3-5-7-29)11-18-38(49)43-30-12-8-28(9-13-30)25-42-26-37(48)33-15-17-36(47)40-34(33)16-19-39(50)45-40/h3-19,24,31,37,42,48H,20-23,25-26H2,1-2H3,(H3-,43,44,45,47,49,50,51)/p+1/t37-/m0/s1. The van der Waals surface area contributed by atoms with Crippen LogP contribution >= 0.6 is 0 Å². The minimum Gasteiger partial charge on any atom is -0.506 e. The molecule has 5 aromatic rings. The predicted molar refractivity (Wildman–Crippen MR) is 204 cm³/mol. The fourth-order valence-corrected chi connectivity index (χ4v) is 6.36. The van der Waals surface area contributed by atoms with Gasteiger partial charge in [-0.25, -0.2) is 4.79 Å². The van der Waals surface area contributed by atoms with Gasteiger partial charge in [0.15, 0.2) is 0 Å². The average molecular weight is 703 g/mol. The lowest BCUT2D eigenvalue weighted by Gasteiger charge is -2.36. The molecule has 0 saturated carbocycles. The minimum atomic E-state index is -0.872. The van der Waals surface area contributed by atoms with Gasteiger partial charge in [0.25, 0.3) is 0 Å². The second kappa shape index (κ2) is 16.1. The second-order valence-corrected chi connectivity index (χ2v) is 13.7. The number of nitrogens with zero attached hydrogens (tertiary/aromatic N) is 1. The van der Waals surface area contributed by atoms with E-state index in [0.29, 0.717) is 28.9 Å². The van der Waals surface area contributed by atoms with E-state index in [-0.39, 0.29) is 35.4 Å². The number of H-pyrrole nitrogens is 1. The summed E-state index contributed by atoms with van der Waals surface area (Å²) in [4.78, 5) is 40.1. The molecule has 2 amide bonds. The van der Waals surface area contributed by atoms with Gasteiger partial charge in [0, 0.05) is 54.7 Å². The third-order valence-corrected chi connectivity index (χ3v) is 9.33. The maximum absolute atomic E-state index is 13.0. The number of phenols is 1. The first kappa shape index (κ1) is 36.1. The van der Waals surface area contributed by atoms with Crippen LogP contribution in [0.4, 0.5) is 16.2 Å². The molecular formula is C41H44N5O6+. The Morgan fingerprint density at radius 3 is 2.44 bits per heavy atom. The monoisotopic (exact) mass is 702 g/mol. The third kappa shape index (κ3) is 9.32. The van der Waals surface area contributed by atoms with Crippen molar-refractivity contribution < 1.29 is 29.0 Å². The topological polar surface area (TPSA) is 153 Å². The summed E-state index contributed by atoms with van der Waals surface area (Å²) in [5.41, 5.74) is 5.23. The van der Waals surface area contributed by atoms with E-state index in [9.17, 15) is 24.6 Å². The Morgan fingerprint density at radius 1 is 0.942 bits per heavy atom. The molecule has 1 atom stereocenters. The molecule has 4 aromatic carbocycles. The number of hydrogen-bond acceptors (Lipinski definition) is 7. The summed E-state index contributed by atoms with van der Waals surface area (Å²) >= 11 is 0. The lowest BCUT2D eigenvalue weighted by Crippen LogP contribution is -2.48. The van der Waals surface area contributed by atoms with Crippen molar-refractivity contribution in [2.24, 2.45) is 0 Å². The lowest BCUT2D eigenvalue weighted by atomic mass is 10.0. The Balaban J connectivity index is 1.04. The summed E-state index contributed by atoms with van der Waals surface area (Å²) in [6, 6.07) is 28.8. The number of anilines is 2. The van der Waals surface area contributed by atoms with Crippen molar-refractivity contribution in [1.82, 2.24) is 10.3 Å². The smallest absolute Gasteiger partial charge is 0.411 e. The number of aromatic nitrogens is 1. The summed E-state index contributed by atoms with van der Waals surface area (Å²) in [7, 11) is 4.37. The molecule has 1 fully saturated rings. The van der Waals surface area contributed by atoms with Crippen molar-refractivity contribution >= 4 is 40.4 Å². The highest BCUT2D eigenvalue weighted by Gasteiger charge is 2.28. The van der Waals surface area contributed by atoms with E-state index in [2.05, 4.69) is 35.0 Å². The van der Waals surface area contributed by atoms with Crippen LogP contribution in [0.3, 0.4) is 0 Å². The quantitative estimate of drug-likeness (QED) is 0.0712. The molecule has 268 valence electrons. The lowest BCUT2D eigenvalue weighted by molar-refractivity contribution is -0.896. The number of aliphatic hydroxyl groups excluding tert-OH is 1. The summed E-state index contributed by atoms with van der Waals surface area (Å²) in [5.74, 6) is -0.369. The Bertz CT molecular complexity index is 2120. The number of likely N-dealkylation sites (tertiary alicyclic amines) is 1. The fraction of sp³-hybridized carbons (Fsp3) is 0.244. The van der Waals surface area contributed by atoms with Crippen LogP contribution in [-0.4, -0.2) is 71.5 Å². The van der Waals surface area contributed by atoms with Gasteiger partial charge in [-0.1, -0.05) is 60.7 Å². The van der Waals surface area contributed by atoms with Gasteiger partial charge in [0.1, 0.15) is 11.9 Å². The van der Waals surface area contributed by atoms with Crippen LogP contribution in [-0.2, 0) is 16.1 Å². The summed E-state index contributed by atoms with van der Waals surface area (Å²) in [5, 5.41) is 30.5. The number of aliphatic hydroxyl groups is 1. The van der Waals surface area contributed by atoms with E-state index < -0.39 is 12.2 Å². The van der Waals surface area contributed by atoms with Crippen molar-refractivity contribution in [2.75, 3.05) is 44.4 Å². The zero-order chi connectivity index (χ0) is 36.7. The van der Waals surface area contributed by atoms with E-state index in [0.717, 1.165) is 52.7 Å². The maximum atomic E-state index is 13.0. The van der Waals surface area contributed by atoms with Crippen LogP contribution in [0.5, 0.6) is 5.75 Å². The van der Waals surface area contributed by atoms with Crippen LogP contribution in [0.15, 0.2) is 108 Å². The number of aromatic amines is 1. The predicted octanol–water partition coefficient (Wildman–Crippen LogP) is 6.16. The number of aromatic hydroxyl groups is 1. The molecule has 11 heteroatoms. The molecule has 1 aliphatic rings. The second-order valence-electron chi connectivity index (χ2n) is 13.7. The van der Waals surface area contributed by atoms with Gasteiger partial charge >= 0.3 is 6.09 Å². The van der Waals surface area contributed by atoms with Crippen LogP contribution < -0.4 is 21.5 Å². The van der Waals surface area contributed by atoms with E-state index in [1.807, 2.05) is 60.7 Å². The maximum Gasteiger partial charge on any atom is 0.411 e. The molecule has 1 aliphatic heterocycles. The first-order valence-corrected chi connectivity index (χ1v) is 17.3. The molecule has 52 heavy (non-hydrogen) atoms. The highest BCUT2D eigenvalue weighted by molar-refractivity contribution is 6.02. The van der Waals surface area contributed by atoms with Crippen LogP contribution in [0.1, 0.15) is 35.6 Å². The van der Waals surface area contributed by atoms with Gasteiger partial charge in [0.05, 0.1) is 44.5 Å². The summed E-state index contributed by atoms with van der Waals surface area (Å²) in [6.45, 7) is 2.62. The molecule has 11 nitrogen and oxygen atoms in total. The molecular weight excluding hydrogens is 658 g/mol. The zero-order valence-corrected chi connectivity index (χ0v) is 29.3.